The summed E-state index contributed by atoms with van der Waals surface area (Å²) < 4.78 is 29.3. The highest BCUT2D eigenvalue weighted by Gasteiger charge is 2.13. The molecule has 0 saturated carbocycles. The van der Waals surface area contributed by atoms with E-state index in [2.05, 4.69) is 0 Å². The van der Waals surface area contributed by atoms with Gasteiger partial charge >= 0.3 is 0 Å². The first-order valence-electron chi connectivity index (χ1n) is 5.82. The second-order valence-corrected chi connectivity index (χ2v) is 3.43. The standard InChI is InChI=1S/C13H17FO4/c1-3-16-12(17-4-2)9-18-13-10(8-15)6-5-7-11(13)14/h5-8,12H,3-4,9H2,1-2H3. The van der Waals surface area contributed by atoms with Crippen LogP contribution in [0.4, 0.5) is 4.39 Å². The number of hydrogen-bond donors (Lipinski definition) is 0. The molecule has 0 unspecified atom stereocenters. The van der Waals surface area contributed by atoms with E-state index in [1.165, 1.54) is 18.2 Å². The molecule has 18 heavy (non-hydrogen) atoms. The number of carbonyl (C=O) groups excluding carboxylic acids is 1. The van der Waals surface area contributed by atoms with Crippen molar-refractivity contribution in [2.75, 3.05) is 19.8 Å². The zero-order valence-electron chi connectivity index (χ0n) is 10.5. The van der Waals surface area contributed by atoms with Gasteiger partial charge in [0.05, 0.1) is 5.56 Å². The molecule has 1 rings (SSSR count). The summed E-state index contributed by atoms with van der Waals surface area (Å²) in [5, 5.41) is 0. The van der Waals surface area contributed by atoms with Crippen LogP contribution in [0, 0.1) is 5.82 Å². The summed E-state index contributed by atoms with van der Waals surface area (Å²) in [4.78, 5) is 10.8. The van der Waals surface area contributed by atoms with Crippen molar-refractivity contribution in [1.82, 2.24) is 0 Å². The largest absolute Gasteiger partial charge is 0.484 e. The molecule has 0 aliphatic rings. The molecule has 0 N–H and O–H groups in total. The maximum Gasteiger partial charge on any atom is 0.191 e. The summed E-state index contributed by atoms with van der Waals surface area (Å²) in [6, 6.07) is 4.18. The highest BCUT2D eigenvalue weighted by atomic mass is 19.1. The van der Waals surface area contributed by atoms with E-state index in [1.54, 1.807) is 0 Å². The molecule has 0 aromatic heterocycles. The van der Waals surface area contributed by atoms with Gasteiger partial charge in [-0.05, 0) is 26.0 Å². The van der Waals surface area contributed by atoms with E-state index in [4.69, 9.17) is 14.2 Å². The topological polar surface area (TPSA) is 44.8 Å². The third kappa shape index (κ3) is 4.09. The Labute approximate surface area is 106 Å². The van der Waals surface area contributed by atoms with Crippen molar-refractivity contribution in [2.24, 2.45) is 0 Å². The number of halogens is 1. The SMILES string of the molecule is CCOC(COc1c(F)cccc1C=O)OCC. The van der Waals surface area contributed by atoms with Crippen LogP contribution in [0.3, 0.4) is 0 Å². The molecular formula is C13H17FO4. The first-order valence-corrected chi connectivity index (χ1v) is 5.82. The first kappa shape index (κ1) is 14.6. The molecule has 0 radical (unpaired) electrons. The Balaban J connectivity index is 2.69. The summed E-state index contributed by atoms with van der Waals surface area (Å²) in [6.45, 7) is 4.61. The predicted octanol–water partition coefficient (Wildman–Crippen LogP) is 2.42. The number of rotatable bonds is 8. The van der Waals surface area contributed by atoms with Crippen molar-refractivity contribution in [2.45, 2.75) is 20.1 Å². The Hall–Kier alpha value is -1.46. The monoisotopic (exact) mass is 256 g/mol. The Morgan fingerprint density at radius 3 is 2.50 bits per heavy atom. The molecule has 0 atom stereocenters. The predicted molar refractivity (Wildman–Crippen MR) is 64.3 cm³/mol. The lowest BCUT2D eigenvalue weighted by Crippen LogP contribution is -2.25. The normalized spacial score (nSPS) is 10.7. The number of hydrogen-bond acceptors (Lipinski definition) is 4. The van der Waals surface area contributed by atoms with Crippen molar-refractivity contribution in [3.05, 3.63) is 29.6 Å². The number of aldehydes is 1. The molecule has 0 heterocycles. The van der Waals surface area contributed by atoms with Gasteiger partial charge in [0, 0.05) is 13.2 Å². The van der Waals surface area contributed by atoms with Gasteiger partial charge < -0.3 is 14.2 Å². The number of ether oxygens (including phenoxy) is 3. The average Bonchev–Trinajstić information content (AvgIpc) is 2.37. The third-order valence-electron chi connectivity index (χ3n) is 2.19. The van der Waals surface area contributed by atoms with Crippen LogP contribution in [0.5, 0.6) is 5.75 Å². The first-order chi connectivity index (χ1) is 8.72. The lowest BCUT2D eigenvalue weighted by Gasteiger charge is -2.18. The number of para-hydroxylation sites is 1. The molecule has 0 fully saturated rings. The summed E-state index contributed by atoms with van der Waals surface area (Å²) in [6.07, 6.45) is -0.0199. The molecule has 0 bridgehead atoms. The Kier molecular flexibility index (Phi) is 6.32. The van der Waals surface area contributed by atoms with Gasteiger partial charge in [0.1, 0.15) is 6.61 Å². The maximum atomic E-state index is 13.5. The van der Waals surface area contributed by atoms with Crippen LogP contribution in [0.15, 0.2) is 18.2 Å². The fourth-order valence-electron chi connectivity index (χ4n) is 1.44. The Morgan fingerprint density at radius 2 is 1.94 bits per heavy atom. The van der Waals surface area contributed by atoms with Gasteiger partial charge in [-0.15, -0.1) is 0 Å². The average molecular weight is 256 g/mol. The highest BCUT2D eigenvalue weighted by Crippen LogP contribution is 2.21. The van der Waals surface area contributed by atoms with Crippen molar-refractivity contribution in [1.29, 1.82) is 0 Å². The minimum Gasteiger partial charge on any atom is -0.484 e. The molecule has 5 heteroatoms. The zero-order valence-corrected chi connectivity index (χ0v) is 10.5. The number of benzene rings is 1. The second-order valence-electron chi connectivity index (χ2n) is 3.43. The van der Waals surface area contributed by atoms with Gasteiger partial charge in [-0.25, -0.2) is 4.39 Å². The lowest BCUT2D eigenvalue weighted by atomic mass is 10.2. The summed E-state index contributed by atoms with van der Waals surface area (Å²) in [7, 11) is 0. The van der Waals surface area contributed by atoms with Crippen LogP contribution < -0.4 is 4.74 Å². The van der Waals surface area contributed by atoms with E-state index in [-0.39, 0.29) is 17.9 Å². The molecule has 0 aliphatic heterocycles. The fraction of sp³-hybridized carbons (Fsp3) is 0.462. The molecule has 100 valence electrons. The molecule has 1 aromatic carbocycles. The second kappa shape index (κ2) is 7.79. The Bertz CT molecular complexity index is 375. The zero-order chi connectivity index (χ0) is 13.4. The third-order valence-corrected chi connectivity index (χ3v) is 2.19. The molecule has 4 nitrogen and oxygen atoms in total. The summed E-state index contributed by atoms with van der Waals surface area (Å²) in [5.41, 5.74) is 0.168. The smallest absolute Gasteiger partial charge is 0.191 e. The minimum atomic E-state index is -0.577. The van der Waals surface area contributed by atoms with Crippen LogP contribution in [0.1, 0.15) is 24.2 Å². The van der Waals surface area contributed by atoms with Crippen LogP contribution in [0.2, 0.25) is 0 Å². The van der Waals surface area contributed by atoms with Gasteiger partial charge in [-0.2, -0.15) is 0 Å². The van der Waals surface area contributed by atoms with Crippen molar-refractivity contribution in [3.8, 4) is 5.75 Å². The van der Waals surface area contributed by atoms with Crippen molar-refractivity contribution < 1.29 is 23.4 Å². The molecule has 0 spiro atoms. The fourth-order valence-corrected chi connectivity index (χ4v) is 1.44. The van der Waals surface area contributed by atoms with Gasteiger partial charge in [-0.1, -0.05) is 6.07 Å². The van der Waals surface area contributed by atoms with Gasteiger partial charge in [0.15, 0.2) is 24.1 Å². The van der Waals surface area contributed by atoms with Gasteiger partial charge in [-0.3, -0.25) is 4.79 Å². The molecule has 0 amide bonds. The van der Waals surface area contributed by atoms with E-state index in [9.17, 15) is 9.18 Å². The Morgan fingerprint density at radius 1 is 1.28 bits per heavy atom. The lowest BCUT2D eigenvalue weighted by molar-refractivity contribution is -0.152. The van der Waals surface area contributed by atoms with E-state index in [0.29, 0.717) is 19.5 Å². The van der Waals surface area contributed by atoms with Gasteiger partial charge in [0.25, 0.3) is 0 Å². The van der Waals surface area contributed by atoms with E-state index in [0.717, 1.165) is 0 Å². The summed E-state index contributed by atoms with van der Waals surface area (Å²) >= 11 is 0. The van der Waals surface area contributed by atoms with Crippen LogP contribution in [-0.2, 0) is 9.47 Å². The molecular weight excluding hydrogens is 239 g/mol. The summed E-state index contributed by atoms with van der Waals surface area (Å²) in [5.74, 6) is -0.650. The van der Waals surface area contributed by atoms with Crippen molar-refractivity contribution >= 4 is 6.29 Å². The van der Waals surface area contributed by atoms with E-state index < -0.39 is 12.1 Å². The van der Waals surface area contributed by atoms with Crippen molar-refractivity contribution in [3.63, 3.8) is 0 Å². The van der Waals surface area contributed by atoms with Crippen LogP contribution in [-0.4, -0.2) is 32.4 Å². The quantitative estimate of drug-likeness (QED) is 0.529. The molecule has 0 saturated heterocycles. The van der Waals surface area contributed by atoms with E-state index >= 15 is 0 Å². The molecule has 1 aromatic rings. The van der Waals surface area contributed by atoms with Crippen LogP contribution in [0.25, 0.3) is 0 Å². The minimum absolute atomic E-state index is 0.0312. The highest BCUT2D eigenvalue weighted by molar-refractivity contribution is 5.79. The maximum absolute atomic E-state index is 13.5. The van der Waals surface area contributed by atoms with Crippen LogP contribution >= 0.6 is 0 Å². The molecule has 0 aliphatic carbocycles. The van der Waals surface area contributed by atoms with E-state index in [1.807, 2.05) is 13.8 Å². The number of carbonyl (C=O) groups is 1. The van der Waals surface area contributed by atoms with Gasteiger partial charge in [0.2, 0.25) is 0 Å².